The Morgan fingerprint density at radius 1 is 1.04 bits per heavy atom. The summed E-state index contributed by atoms with van der Waals surface area (Å²) in [5, 5.41) is 3.58. The van der Waals surface area contributed by atoms with Gasteiger partial charge in [0.15, 0.2) is 0 Å². The molecule has 120 valence electrons. The maximum atomic E-state index is 13.0. The van der Waals surface area contributed by atoms with Crippen LogP contribution in [0.2, 0.25) is 0 Å². The van der Waals surface area contributed by atoms with Gasteiger partial charge in [0, 0.05) is 45.0 Å². The molecule has 1 N–H and O–H groups in total. The van der Waals surface area contributed by atoms with E-state index in [-0.39, 0.29) is 5.82 Å². The lowest BCUT2D eigenvalue weighted by Gasteiger charge is -2.42. The molecule has 0 aliphatic carbocycles. The Hall–Kier alpha value is -1.91. The summed E-state index contributed by atoms with van der Waals surface area (Å²) in [6.07, 6.45) is 0. The first-order chi connectivity index (χ1) is 11.3. The lowest BCUT2D eigenvalue weighted by atomic mass is 10.1. The Bertz CT molecular complexity index is 671. The molecule has 1 fully saturated rings. The lowest BCUT2D eigenvalue weighted by Crippen LogP contribution is -2.55. The van der Waals surface area contributed by atoms with Crippen molar-refractivity contribution >= 4 is 5.69 Å². The second kappa shape index (κ2) is 6.30. The fourth-order valence-corrected chi connectivity index (χ4v) is 3.72. The van der Waals surface area contributed by atoms with Crippen LogP contribution >= 0.6 is 0 Å². The maximum Gasteiger partial charge on any atom is 0.123 e. The van der Waals surface area contributed by atoms with Crippen LogP contribution in [-0.4, -0.2) is 37.1 Å². The number of rotatable bonds is 2. The third kappa shape index (κ3) is 3.09. The van der Waals surface area contributed by atoms with E-state index in [1.807, 2.05) is 12.1 Å². The van der Waals surface area contributed by atoms with E-state index in [1.54, 1.807) is 12.1 Å². The molecule has 0 saturated carbocycles. The molecule has 0 spiro atoms. The van der Waals surface area contributed by atoms with Crippen LogP contribution in [0.3, 0.4) is 0 Å². The van der Waals surface area contributed by atoms with Crippen molar-refractivity contribution < 1.29 is 4.39 Å². The second-order valence-corrected chi connectivity index (χ2v) is 6.47. The number of nitrogens with zero attached hydrogens (tertiary/aromatic N) is 2. The van der Waals surface area contributed by atoms with Crippen LogP contribution in [0.4, 0.5) is 10.1 Å². The molecule has 2 aliphatic heterocycles. The fourth-order valence-electron chi connectivity index (χ4n) is 3.72. The van der Waals surface area contributed by atoms with E-state index in [9.17, 15) is 4.39 Å². The van der Waals surface area contributed by atoms with E-state index >= 15 is 0 Å². The van der Waals surface area contributed by atoms with E-state index in [2.05, 4.69) is 39.4 Å². The highest BCUT2D eigenvalue weighted by Gasteiger charge is 2.29. The number of hydrogen-bond acceptors (Lipinski definition) is 3. The zero-order chi connectivity index (χ0) is 15.6. The summed E-state index contributed by atoms with van der Waals surface area (Å²) in [5.74, 6) is -0.164. The van der Waals surface area contributed by atoms with Gasteiger partial charge in [0.25, 0.3) is 0 Å². The van der Waals surface area contributed by atoms with Gasteiger partial charge in [0.05, 0.1) is 6.04 Å². The molecule has 23 heavy (non-hydrogen) atoms. The molecule has 0 aromatic heterocycles. The van der Waals surface area contributed by atoms with Gasteiger partial charge >= 0.3 is 0 Å². The van der Waals surface area contributed by atoms with Gasteiger partial charge < -0.3 is 10.2 Å². The number of piperazine rings is 1. The molecule has 1 saturated heterocycles. The third-order valence-electron chi connectivity index (χ3n) is 4.88. The van der Waals surface area contributed by atoms with E-state index in [0.29, 0.717) is 6.04 Å². The molecular formula is C19H22FN3. The van der Waals surface area contributed by atoms with Crippen LogP contribution < -0.4 is 10.2 Å². The van der Waals surface area contributed by atoms with Crippen molar-refractivity contribution in [3.63, 3.8) is 0 Å². The molecule has 1 atom stereocenters. The molecule has 4 heteroatoms. The highest BCUT2D eigenvalue weighted by molar-refractivity contribution is 5.55. The predicted molar refractivity (Wildman–Crippen MR) is 91.0 cm³/mol. The van der Waals surface area contributed by atoms with Gasteiger partial charge in [-0.2, -0.15) is 0 Å². The SMILES string of the molecule is Fc1ccc(CN2CCN3c4ccccc4CNCC3C2)cc1. The molecule has 2 aromatic carbocycles. The number of benzene rings is 2. The molecule has 3 nitrogen and oxygen atoms in total. The van der Waals surface area contributed by atoms with Crippen LogP contribution in [-0.2, 0) is 13.1 Å². The van der Waals surface area contributed by atoms with Crippen LogP contribution in [0.15, 0.2) is 48.5 Å². The first-order valence-electron chi connectivity index (χ1n) is 8.32. The zero-order valence-corrected chi connectivity index (χ0v) is 13.2. The first kappa shape index (κ1) is 14.7. The minimum atomic E-state index is -0.164. The summed E-state index contributed by atoms with van der Waals surface area (Å²) in [7, 11) is 0. The van der Waals surface area contributed by atoms with Gasteiger partial charge in [-0.15, -0.1) is 0 Å². The van der Waals surface area contributed by atoms with Crippen molar-refractivity contribution in [2.75, 3.05) is 31.1 Å². The second-order valence-electron chi connectivity index (χ2n) is 6.47. The van der Waals surface area contributed by atoms with Crippen LogP contribution in [0.5, 0.6) is 0 Å². The predicted octanol–water partition coefficient (Wildman–Crippen LogP) is 2.62. The van der Waals surface area contributed by atoms with Crippen LogP contribution in [0.25, 0.3) is 0 Å². The third-order valence-corrected chi connectivity index (χ3v) is 4.88. The highest BCUT2D eigenvalue weighted by Crippen LogP contribution is 2.27. The Morgan fingerprint density at radius 2 is 1.87 bits per heavy atom. The molecule has 4 rings (SSSR count). The van der Waals surface area contributed by atoms with Crippen molar-refractivity contribution in [2.45, 2.75) is 19.1 Å². The van der Waals surface area contributed by atoms with Gasteiger partial charge in [-0.3, -0.25) is 4.90 Å². The Balaban J connectivity index is 1.48. The molecule has 1 unspecified atom stereocenters. The topological polar surface area (TPSA) is 18.5 Å². The number of anilines is 1. The van der Waals surface area contributed by atoms with Crippen molar-refractivity contribution in [1.29, 1.82) is 0 Å². The smallest absolute Gasteiger partial charge is 0.123 e. The number of hydrogen-bond donors (Lipinski definition) is 1. The summed E-state index contributed by atoms with van der Waals surface area (Å²) in [5.41, 5.74) is 3.95. The normalized spacial score (nSPS) is 21.4. The summed E-state index contributed by atoms with van der Waals surface area (Å²) >= 11 is 0. The van der Waals surface area contributed by atoms with E-state index < -0.39 is 0 Å². The maximum absolute atomic E-state index is 13.0. The van der Waals surface area contributed by atoms with Crippen molar-refractivity contribution in [3.8, 4) is 0 Å². The average molecular weight is 311 g/mol. The van der Waals surface area contributed by atoms with E-state index in [0.717, 1.165) is 39.3 Å². The summed E-state index contributed by atoms with van der Waals surface area (Å²) in [4.78, 5) is 5.03. The summed E-state index contributed by atoms with van der Waals surface area (Å²) in [6, 6.07) is 16.1. The number of fused-ring (bicyclic) bond motifs is 3. The van der Waals surface area contributed by atoms with E-state index in [4.69, 9.17) is 0 Å². The Labute approximate surface area is 136 Å². The van der Waals surface area contributed by atoms with Crippen molar-refractivity contribution in [2.24, 2.45) is 0 Å². The highest BCUT2D eigenvalue weighted by atomic mass is 19.1. The van der Waals surface area contributed by atoms with E-state index in [1.165, 1.54) is 16.8 Å². The Kier molecular flexibility index (Phi) is 4.02. The lowest BCUT2D eigenvalue weighted by molar-refractivity contribution is 0.214. The Morgan fingerprint density at radius 3 is 2.74 bits per heavy atom. The molecule has 0 bridgehead atoms. The van der Waals surface area contributed by atoms with Gasteiger partial charge in [-0.25, -0.2) is 4.39 Å². The first-order valence-corrected chi connectivity index (χ1v) is 8.32. The number of para-hydroxylation sites is 1. The molecule has 2 aromatic rings. The van der Waals surface area contributed by atoms with Gasteiger partial charge in [0.2, 0.25) is 0 Å². The number of halogens is 1. The van der Waals surface area contributed by atoms with Crippen LogP contribution in [0, 0.1) is 5.82 Å². The van der Waals surface area contributed by atoms with Crippen LogP contribution in [0.1, 0.15) is 11.1 Å². The average Bonchev–Trinajstić information content (AvgIpc) is 2.76. The van der Waals surface area contributed by atoms with Gasteiger partial charge in [0.1, 0.15) is 5.82 Å². The number of nitrogens with one attached hydrogen (secondary N) is 1. The monoisotopic (exact) mass is 311 g/mol. The quantitative estimate of drug-likeness (QED) is 0.920. The van der Waals surface area contributed by atoms with Crippen molar-refractivity contribution in [1.82, 2.24) is 10.2 Å². The summed E-state index contributed by atoms with van der Waals surface area (Å²) in [6.45, 7) is 5.98. The molecular weight excluding hydrogens is 289 g/mol. The fraction of sp³-hybridized carbons (Fsp3) is 0.368. The van der Waals surface area contributed by atoms with Gasteiger partial charge in [-0.05, 0) is 29.3 Å². The van der Waals surface area contributed by atoms with Gasteiger partial charge in [-0.1, -0.05) is 30.3 Å². The summed E-state index contributed by atoms with van der Waals surface area (Å²) < 4.78 is 13.0. The van der Waals surface area contributed by atoms with Crippen molar-refractivity contribution in [3.05, 3.63) is 65.5 Å². The standard InChI is InChI=1S/C19H22FN3/c20-17-7-5-15(6-8-17)13-22-9-10-23-18(14-22)12-21-11-16-3-1-2-4-19(16)23/h1-8,18,21H,9-14H2. The minimum absolute atomic E-state index is 0.164. The molecule has 0 radical (unpaired) electrons. The molecule has 0 amide bonds. The molecule has 2 heterocycles. The largest absolute Gasteiger partial charge is 0.364 e. The zero-order valence-electron chi connectivity index (χ0n) is 13.2. The minimum Gasteiger partial charge on any atom is -0.364 e. The molecule has 2 aliphatic rings.